The molecule has 182 valence electrons. The van der Waals surface area contributed by atoms with E-state index in [1.165, 1.54) is 12.1 Å². The number of urea groups is 1. The van der Waals surface area contributed by atoms with E-state index in [0.29, 0.717) is 28.7 Å². The van der Waals surface area contributed by atoms with E-state index in [9.17, 15) is 9.59 Å². The first-order valence-electron chi connectivity index (χ1n) is 11.4. The van der Waals surface area contributed by atoms with Gasteiger partial charge in [-0.2, -0.15) is 0 Å². The zero-order chi connectivity index (χ0) is 25.8. The molecule has 0 aliphatic heterocycles. The second-order valence-corrected chi connectivity index (χ2v) is 8.19. The van der Waals surface area contributed by atoms with E-state index in [0.717, 1.165) is 21.9 Å². The van der Waals surface area contributed by atoms with Crippen molar-refractivity contribution in [2.45, 2.75) is 0 Å². The van der Waals surface area contributed by atoms with Crippen LogP contribution < -0.4 is 21.1 Å². The van der Waals surface area contributed by atoms with Crippen molar-refractivity contribution in [3.8, 4) is 22.6 Å². The standard InChI is InChI=1S/C29H22N4O4/c30-29(36)33-25-17-24(18-6-2-1-3-7-18)22-8-4-5-9-23(22)27(25)37-21-14-15-31-26(16-21)32-20-12-10-19(11-13-20)28(34)35/h1-17H,(H,31,32)(H,34,35)(H3,30,33,36). The maximum atomic E-state index is 11.9. The molecule has 2 amide bonds. The zero-order valence-corrected chi connectivity index (χ0v) is 19.5. The highest BCUT2D eigenvalue weighted by Crippen LogP contribution is 2.42. The van der Waals surface area contributed by atoms with Crippen LogP contribution in [0.1, 0.15) is 10.4 Å². The van der Waals surface area contributed by atoms with E-state index >= 15 is 0 Å². The number of fused-ring (bicyclic) bond motifs is 1. The number of carbonyl (C=O) groups is 2. The third kappa shape index (κ3) is 5.18. The molecule has 0 atom stereocenters. The van der Waals surface area contributed by atoms with Crippen molar-refractivity contribution in [2.75, 3.05) is 10.6 Å². The number of carboxylic acids is 1. The highest BCUT2D eigenvalue weighted by Gasteiger charge is 2.17. The highest BCUT2D eigenvalue weighted by atomic mass is 16.5. The molecule has 1 heterocycles. The average molecular weight is 491 g/mol. The van der Waals surface area contributed by atoms with Crippen LogP contribution in [0.5, 0.6) is 11.5 Å². The van der Waals surface area contributed by atoms with Gasteiger partial charge < -0.3 is 26.2 Å². The van der Waals surface area contributed by atoms with Gasteiger partial charge in [0, 0.05) is 23.3 Å². The van der Waals surface area contributed by atoms with Crippen LogP contribution in [0.3, 0.4) is 0 Å². The smallest absolute Gasteiger partial charge is 0.335 e. The molecule has 0 saturated carbocycles. The number of carboxylic acid groups (broad SMARTS) is 1. The van der Waals surface area contributed by atoms with Crippen LogP contribution >= 0.6 is 0 Å². The predicted molar refractivity (Wildman–Crippen MR) is 144 cm³/mol. The molecule has 37 heavy (non-hydrogen) atoms. The van der Waals surface area contributed by atoms with Gasteiger partial charge in [0.25, 0.3) is 0 Å². The number of nitrogens with zero attached hydrogens (tertiary/aromatic N) is 1. The fourth-order valence-corrected chi connectivity index (χ4v) is 4.05. The Morgan fingerprint density at radius 3 is 2.24 bits per heavy atom. The number of benzene rings is 4. The fourth-order valence-electron chi connectivity index (χ4n) is 4.05. The Morgan fingerprint density at radius 1 is 0.838 bits per heavy atom. The number of amides is 2. The Morgan fingerprint density at radius 2 is 1.54 bits per heavy atom. The van der Waals surface area contributed by atoms with E-state index < -0.39 is 12.0 Å². The van der Waals surface area contributed by atoms with Crippen LogP contribution in [0, 0.1) is 0 Å². The van der Waals surface area contributed by atoms with Crippen LogP contribution in [-0.4, -0.2) is 22.1 Å². The Hall–Kier alpha value is -5.37. The lowest BCUT2D eigenvalue weighted by molar-refractivity contribution is 0.0697. The topological polar surface area (TPSA) is 127 Å². The Kier molecular flexibility index (Phi) is 6.37. The number of aromatic nitrogens is 1. The summed E-state index contributed by atoms with van der Waals surface area (Å²) >= 11 is 0. The molecule has 0 aliphatic carbocycles. The quantitative estimate of drug-likeness (QED) is 0.203. The third-order valence-corrected chi connectivity index (χ3v) is 5.69. The van der Waals surface area contributed by atoms with Gasteiger partial charge in [-0.3, -0.25) is 0 Å². The summed E-state index contributed by atoms with van der Waals surface area (Å²) in [6.07, 6.45) is 1.59. The van der Waals surface area contributed by atoms with Crippen LogP contribution in [0.25, 0.3) is 21.9 Å². The van der Waals surface area contributed by atoms with Crippen LogP contribution in [0.2, 0.25) is 0 Å². The first kappa shape index (κ1) is 23.4. The normalized spacial score (nSPS) is 10.6. The number of nitrogens with one attached hydrogen (secondary N) is 2. The number of rotatable bonds is 7. The molecule has 4 aromatic carbocycles. The predicted octanol–water partition coefficient (Wildman–Crippen LogP) is 6.63. The van der Waals surface area contributed by atoms with Crippen LogP contribution in [0.4, 0.5) is 22.0 Å². The highest BCUT2D eigenvalue weighted by molar-refractivity contribution is 6.06. The monoisotopic (exact) mass is 490 g/mol. The van der Waals surface area contributed by atoms with Gasteiger partial charge in [-0.15, -0.1) is 0 Å². The summed E-state index contributed by atoms with van der Waals surface area (Å²) in [4.78, 5) is 27.3. The van der Waals surface area contributed by atoms with E-state index in [4.69, 9.17) is 15.6 Å². The van der Waals surface area contributed by atoms with Gasteiger partial charge in [0.15, 0.2) is 5.75 Å². The lowest BCUT2D eigenvalue weighted by Gasteiger charge is -2.18. The van der Waals surface area contributed by atoms with Crippen LogP contribution in [0.15, 0.2) is 103 Å². The summed E-state index contributed by atoms with van der Waals surface area (Å²) in [5, 5.41) is 16.7. The fraction of sp³-hybridized carbons (Fsp3) is 0. The molecule has 0 saturated heterocycles. The van der Waals surface area contributed by atoms with E-state index in [-0.39, 0.29) is 5.56 Å². The first-order valence-corrected chi connectivity index (χ1v) is 11.4. The van der Waals surface area contributed by atoms with Gasteiger partial charge in [0.2, 0.25) is 0 Å². The van der Waals surface area contributed by atoms with Crippen molar-refractivity contribution < 1.29 is 19.4 Å². The SMILES string of the molecule is NC(=O)Nc1cc(-c2ccccc2)c2ccccc2c1Oc1ccnc(Nc2ccc(C(=O)O)cc2)c1. The summed E-state index contributed by atoms with van der Waals surface area (Å²) in [6, 6.07) is 28.5. The van der Waals surface area contributed by atoms with Crippen molar-refractivity contribution in [1.82, 2.24) is 4.98 Å². The number of carbonyl (C=O) groups excluding carboxylic acids is 1. The van der Waals surface area contributed by atoms with Crippen LogP contribution in [-0.2, 0) is 0 Å². The number of ether oxygens (including phenoxy) is 1. The summed E-state index contributed by atoms with van der Waals surface area (Å²) < 4.78 is 6.32. The van der Waals surface area contributed by atoms with Gasteiger partial charge in [-0.25, -0.2) is 14.6 Å². The Balaban J connectivity index is 1.53. The minimum absolute atomic E-state index is 0.191. The Labute approximate surface area is 212 Å². The molecule has 0 radical (unpaired) electrons. The van der Waals surface area contributed by atoms with Crippen molar-refractivity contribution >= 4 is 40.0 Å². The maximum Gasteiger partial charge on any atom is 0.335 e. The molecule has 0 spiro atoms. The number of aromatic carboxylic acids is 1. The minimum atomic E-state index is -0.994. The molecule has 8 nitrogen and oxygen atoms in total. The number of anilines is 3. The summed E-state index contributed by atoms with van der Waals surface area (Å²) in [5.74, 6) is 0.419. The van der Waals surface area contributed by atoms with Gasteiger partial charge in [-0.1, -0.05) is 54.6 Å². The number of hydrogen-bond acceptors (Lipinski definition) is 5. The lowest BCUT2D eigenvalue weighted by Crippen LogP contribution is -2.19. The molecule has 0 fully saturated rings. The van der Waals surface area contributed by atoms with Gasteiger partial charge >= 0.3 is 12.0 Å². The van der Waals surface area contributed by atoms with Crippen molar-refractivity contribution in [3.05, 3.63) is 109 Å². The zero-order valence-electron chi connectivity index (χ0n) is 19.5. The lowest BCUT2D eigenvalue weighted by atomic mass is 9.96. The molecule has 0 aliphatic rings. The van der Waals surface area contributed by atoms with Crippen molar-refractivity contribution in [3.63, 3.8) is 0 Å². The molecular weight excluding hydrogens is 468 g/mol. The minimum Gasteiger partial charge on any atom is -0.478 e. The molecule has 5 aromatic rings. The second kappa shape index (κ2) is 10.1. The Bertz CT molecular complexity index is 1600. The average Bonchev–Trinajstić information content (AvgIpc) is 2.90. The molecule has 1 aromatic heterocycles. The number of pyridine rings is 1. The van der Waals surface area contributed by atoms with Gasteiger partial charge in [0.05, 0.1) is 11.3 Å². The molecule has 5 N–H and O–H groups in total. The van der Waals surface area contributed by atoms with E-state index in [1.807, 2.05) is 60.7 Å². The molecule has 0 bridgehead atoms. The first-order chi connectivity index (χ1) is 18.0. The maximum absolute atomic E-state index is 11.9. The number of primary amides is 1. The molecule has 5 rings (SSSR count). The summed E-state index contributed by atoms with van der Waals surface area (Å²) in [7, 11) is 0. The summed E-state index contributed by atoms with van der Waals surface area (Å²) in [6.45, 7) is 0. The van der Waals surface area contributed by atoms with Gasteiger partial charge in [0.1, 0.15) is 11.6 Å². The third-order valence-electron chi connectivity index (χ3n) is 5.69. The van der Waals surface area contributed by atoms with Crippen molar-refractivity contribution in [1.29, 1.82) is 0 Å². The molecular formula is C29H22N4O4. The summed E-state index contributed by atoms with van der Waals surface area (Å²) in [5.41, 5.74) is 8.70. The second-order valence-electron chi connectivity index (χ2n) is 8.19. The van der Waals surface area contributed by atoms with Crippen molar-refractivity contribution in [2.24, 2.45) is 5.73 Å². The molecule has 0 unspecified atom stereocenters. The van der Waals surface area contributed by atoms with E-state index in [1.54, 1.807) is 30.5 Å². The number of nitrogens with two attached hydrogens (primary N) is 1. The molecule has 8 heteroatoms. The largest absolute Gasteiger partial charge is 0.478 e. The van der Waals surface area contributed by atoms with Gasteiger partial charge in [-0.05, 0) is 52.9 Å². The number of hydrogen-bond donors (Lipinski definition) is 4. The van der Waals surface area contributed by atoms with E-state index in [2.05, 4.69) is 15.6 Å².